The van der Waals surface area contributed by atoms with Gasteiger partial charge in [0.05, 0.1) is 28.0 Å². The zero-order valence-electron chi connectivity index (χ0n) is 16.8. The Hall–Kier alpha value is -3.60. The SMILES string of the molecule is CC(=O)OC(OC(C)=O)[C@@]12C=C[C@](C)(O1)[C@H]1C(=O)N(c3cccc([N+](=O)[O-])c3)C(=O)[C@@H]12. The molecule has 31 heavy (non-hydrogen) atoms. The third-order valence-electron chi connectivity index (χ3n) is 5.69. The maximum Gasteiger partial charge on any atom is 0.305 e. The van der Waals surface area contributed by atoms with Crippen LogP contribution in [-0.2, 0) is 33.4 Å². The van der Waals surface area contributed by atoms with E-state index < -0.39 is 58.0 Å². The fourth-order valence-corrected chi connectivity index (χ4v) is 4.56. The van der Waals surface area contributed by atoms with Crippen LogP contribution in [0.2, 0.25) is 0 Å². The summed E-state index contributed by atoms with van der Waals surface area (Å²) in [4.78, 5) is 61.4. The Kier molecular flexibility index (Phi) is 4.47. The number of benzene rings is 1. The molecule has 0 aromatic heterocycles. The standard InChI is InChI=1S/C20H18N2O9/c1-10(23)29-18(30-11(2)24)20-8-7-19(3,31-20)14-15(20)17(26)21(16(14)25)12-5-4-6-13(9-12)22(27)28/h4-9,14-15,18H,1-3H3/t14-,15-,19+,20+/m1/s1. The number of anilines is 1. The molecule has 1 aromatic rings. The van der Waals surface area contributed by atoms with Crippen LogP contribution in [0.1, 0.15) is 20.8 Å². The van der Waals surface area contributed by atoms with Gasteiger partial charge in [-0.3, -0.25) is 29.3 Å². The second-order valence-corrected chi connectivity index (χ2v) is 7.77. The Morgan fingerprint density at radius 3 is 2.32 bits per heavy atom. The van der Waals surface area contributed by atoms with Gasteiger partial charge in [-0.25, -0.2) is 4.90 Å². The molecule has 0 N–H and O–H groups in total. The van der Waals surface area contributed by atoms with Crippen LogP contribution in [0.25, 0.3) is 0 Å². The molecule has 0 saturated carbocycles. The maximum atomic E-state index is 13.4. The molecule has 2 amide bonds. The predicted molar refractivity (Wildman–Crippen MR) is 101 cm³/mol. The lowest BCUT2D eigenvalue weighted by atomic mass is 9.72. The van der Waals surface area contributed by atoms with E-state index in [0.29, 0.717) is 0 Å². The van der Waals surface area contributed by atoms with Crippen molar-refractivity contribution in [1.29, 1.82) is 0 Å². The van der Waals surface area contributed by atoms with Crippen molar-refractivity contribution in [2.24, 2.45) is 11.8 Å². The van der Waals surface area contributed by atoms with Gasteiger partial charge >= 0.3 is 11.9 Å². The summed E-state index contributed by atoms with van der Waals surface area (Å²) in [5, 5.41) is 11.1. The summed E-state index contributed by atoms with van der Waals surface area (Å²) in [6.07, 6.45) is 1.43. The van der Waals surface area contributed by atoms with Crippen molar-refractivity contribution in [2.45, 2.75) is 38.3 Å². The van der Waals surface area contributed by atoms with E-state index >= 15 is 0 Å². The van der Waals surface area contributed by atoms with E-state index in [4.69, 9.17) is 14.2 Å². The van der Waals surface area contributed by atoms with E-state index in [1.165, 1.54) is 24.3 Å². The summed E-state index contributed by atoms with van der Waals surface area (Å²) in [5.74, 6) is -5.04. The van der Waals surface area contributed by atoms with Gasteiger partial charge in [0.25, 0.3) is 12.0 Å². The molecule has 0 aliphatic carbocycles. The average Bonchev–Trinajstić information content (AvgIpc) is 3.26. The van der Waals surface area contributed by atoms with Crippen molar-refractivity contribution in [1.82, 2.24) is 0 Å². The zero-order valence-corrected chi connectivity index (χ0v) is 16.8. The Balaban J connectivity index is 1.79. The van der Waals surface area contributed by atoms with Crippen molar-refractivity contribution in [2.75, 3.05) is 4.90 Å². The number of fused-ring (bicyclic) bond motifs is 5. The van der Waals surface area contributed by atoms with Crippen molar-refractivity contribution in [3.8, 4) is 0 Å². The van der Waals surface area contributed by atoms with Crippen LogP contribution in [0.5, 0.6) is 0 Å². The highest BCUT2D eigenvalue weighted by molar-refractivity contribution is 6.23. The molecule has 0 radical (unpaired) electrons. The van der Waals surface area contributed by atoms with Gasteiger partial charge in [0.1, 0.15) is 0 Å². The van der Waals surface area contributed by atoms with E-state index in [2.05, 4.69) is 0 Å². The van der Waals surface area contributed by atoms with Gasteiger partial charge in [-0.2, -0.15) is 0 Å². The minimum absolute atomic E-state index is 0.0354. The Morgan fingerprint density at radius 2 is 1.74 bits per heavy atom. The molecule has 4 atom stereocenters. The molecule has 2 fully saturated rings. The van der Waals surface area contributed by atoms with Crippen LogP contribution in [-0.4, -0.2) is 46.2 Å². The third kappa shape index (κ3) is 2.92. The van der Waals surface area contributed by atoms with Gasteiger partial charge in [-0.1, -0.05) is 12.1 Å². The lowest BCUT2D eigenvalue weighted by Gasteiger charge is -2.34. The van der Waals surface area contributed by atoms with E-state index in [1.807, 2.05) is 0 Å². The number of nitro groups is 1. The molecule has 0 spiro atoms. The third-order valence-corrected chi connectivity index (χ3v) is 5.69. The normalized spacial score (nSPS) is 30.6. The number of non-ortho nitro benzene ring substituents is 1. The van der Waals surface area contributed by atoms with Crippen LogP contribution in [0, 0.1) is 22.0 Å². The molecule has 11 heteroatoms. The summed E-state index contributed by atoms with van der Waals surface area (Å²) >= 11 is 0. The highest BCUT2D eigenvalue weighted by atomic mass is 16.7. The van der Waals surface area contributed by atoms with Gasteiger partial charge in [0, 0.05) is 26.0 Å². The number of nitrogens with zero attached hydrogens (tertiary/aromatic N) is 2. The fourth-order valence-electron chi connectivity index (χ4n) is 4.56. The number of carbonyl (C=O) groups is 4. The molecule has 11 nitrogen and oxygen atoms in total. The first-order valence-electron chi connectivity index (χ1n) is 9.37. The van der Waals surface area contributed by atoms with Crippen LogP contribution in [0.15, 0.2) is 36.4 Å². The number of rotatable bonds is 5. The monoisotopic (exact) mass is 430 g/mol. The number of esters is 2. The molecular formula is C20H18N2O9. The molecule has 4 rings (SSSR count). The molecule has 3 heterocycles. The molecule has 3 aliphatic heterocycles. The zero-order chi connectivity index (χ0) is 22.7. The summed E-state index contributed by atoms with van der Waals surface area (Å²) in [6, 6.07) is 5.13. The molecule has 2 bridgehead atoms. The number of carbonyl (C=O) groups excluding carboxylic acids is 4. The first kappa shape index (κ1) is 20.7. The molecular weight excluding hydrogens is 412 g/mol. The lowest BCUT2D eigenvalue weighted by Crippen LogP contribution is -2.52. The van der Waals surface area contributed by atoms with E-state index in [-0.39, 0.29) is 11.4 Å². The minimum atomic E-state index is -1.71. The van der Waals surface area contributed by atoms with Crippen molar-refractivity contribution in [3.63, 3.8) is 0 Å². The van der Waals surface area contributed by atoms with Gasteiger partial charge in [0.15, 0.2) is 5.60 Å². The summed E-state index contributed by atoms with van der Waals surface area (Å²) in [5.41, 5.74) is -3.19. The summed E-state index contributed by atoms with van der Waals surface area (Å²) < 4.78 is 16.4. The Morgan fingerprint density at radius 1 is 1.13 bits per heavy atom. The molecule has 1 aromatic carbocycles. The van der Waals surface area contributed by atoms with E-state index in [0.717, 1.165) is 24.8 Å². The van der Waals surface area contributed by atoms with Crippen LogP contribution in [0.3, 0.4) is 0 Å². The summed E-state index contributed by atoms with van der Waals surface area (Å²) in [7, 11) is 0. The number of amides is 2. The first-order chi connectivity index (χ1) is 14.5. The van der Waals surface area contributed by atoms with Crippen LogP contribution >= 0.6 is 0 Å². The quantitative estimate of drug-likeness (QED) is 0.168. The van der Waals surface area contributed by atoms with E-state index in [9.17, 15) is 29.3 Å². The summed E-state index contributed by atoms with van der Waals surface area (Å²) in [6.45, 7) is 3.81. The number of imide groups is 1. The van der Waals surface area contributed by atoms with Crippen LogP contribution < -0.4 is 4.90 Å². The highest BCUT2D eigenvalue weighted by Gasteiger charge is 2.76. The molecule has 0 unspecified atom stereocenters. The molecule has 2 saturated heterocycles. The van der Waals surface area contributed by atoms with Gasteiger partial charge in [0.2, 0.25) is 11.8 Å². The van der Waals surface area contributed by atoms with Gasteiger partial charge < -0.3 is 14.2 Å². The second kappa shape index (κ2) is 6.71. The Labute approximate surface area is 175 Å². The van der Waals surface area contributed by atoms with Crippen LogP contribution in [0.4, 0.5) is 11.4 Å². The van der Waals surface area contributed by atoms with Crippen molar-refractivity contribution < 1.29 is 38.3 Å². The number of ether oxygens (including phenoxy) is 3. The van der Waals surface area contributed by atoms with Crippen molar-refractivity contribution >= 4 is 35.1 Å². The second-order valence-electron chi connectivity index (χ2n) is 7.77. The first-order valence-corrected chi connectivity index (χ1v) is 9.37. The van der Waals surface area contributed by atoms with Gasteiger partial charge in [-0.15, -0.1) is 0 Å². The lowest BCUT2D eigenvalue weighted by molar-refractivity contribution is -0.384. The minimum Gasteiger partial charge on any atom is -0.422 e. The Bertz CT molecular complexity index is 1050. The molecule has 3 aliphatic rings. The molecule has 162 valence electrons. The average molecular weight is 430 g/mol. The van der Waals surface area contributed by atoms with Gasteiger partial charge in [-0.05, 0) is 19.1 Å². The fraction of sp³-hybridized carbons (Fsp3) is 0.400. The number of hydrogen-bond donors (Lipinski definition) is 0. The maximum absolute atomic E-state index is 13.4. The van der Waals surface area contributed by atoms with Crippen molar-refractivity contribution in [3.05, 3.63) is 46.5 Å². The predicted octanol–water partition coefficient (Wildman–Crippen LogP) is 1.25. The number of hydrogen-bond acceptors (Lipinski definition) is 9. The van der Waals surface area contributed by atoms with E-state index in [1.54, 1.807) is 13.0 Å². The smallest absolute Gasteiger partial charge is 0.305 e. The number of nitro benzene ring substituents is 1. The topological polar surface area (TPSA) is 142 Å². The largest absolute Gasteiger partial charge is 0.422 e. The highest BCUT2D eigenvalue weighted by Crippen LogP contribution is 2.59.